The van der Waals surface area contributed by atoms with Gasteiger partial charge in [-0.15, -0.1) is 0 Å². The van der Waals surface area contributed by atoms with Crippen molar-refractivity contribution in [2.75, 3.05) is 0 Å². The molecule has 25 heavy (non-hydrogen) atoms. The zero-order chi connectivity index (χ0) is 17.2. The molecule has 0 atom stereocenters. The summed E-state index contributed by atoms with van der Waals surface area (Å²) in [4.78, 5) is 33.9. The molecule has 4 aromatic rings. The first-order valence-corrected chi connectivity index (χ1v) is 7.75. The average Bonchev–Trinajstić information content (AvgIpc) is 2.68. The number of rotatable bonds is 3. The minimum Gasteiger partial charge on any atom is -0.293 e. The highest BCUT2D eigenvalue weighted by molar-refractivity contribution is 5.97. The number of fused-ring (bicyclic) bond motifs is 1. The van der Waals surface area contributed by atoms with Crippen molar-refractivity contribution in [1.82, 2.24) is 24.9 Å². The van der Waals surface area contributed by atoms with Crippen LogP contribution in [0.5, 0.6) is 0 Å². The second-order valence-corrected chi connectivity index (χ2v) is 5.45. The first-order valence-electron chi connectivity index (χ1n) is 7.75. The fraction of sp³-hybridized carbons (Fsp3) is 0.0526. The molecular formula is C19H13N5O. The SMILES string of the molecule is CC(=O)c1ccc2c(-c3ccccn3)nc(-c3ccccn3)nc2n1. The quantitative estimate of drug-likeness (QED) is 0.537. The maximum Gasteiger partial charge on any atom is 0.180 e. The summed E-state index contributed by atoms with van der Waals surface area (Å²) >= 11 is 0. The van der Waals surface area contributed by atoms with Crippen molar-refractivity contribution in [2.24, 2.45) is 0 Å². The smallest absolute Gasteiger partial charge is 0.180 e. The molecule has 0 saturated carbocycles. The van der Waals surface area contributed by atoms with Crippen LogP contribution in [0.3, 0.4) is 0 Å². The number of hydrogen-bond acceptors (Lipinski definition) is 6. The summed E-state index contributed by atoms with van der Waals surface area (Å²) in [6, 6.07) is 14.6. The normalized spacial score (nSPS) is 10.8. The summed E-state index contributed by atoms with van der Waals surface area (Å²) in [6.45, 7) is 1.48. The Morgan fingerprint density at radius 3 is 2.16 bits per heavy atom. The van der Waals surface area contributed by atoms with Gasteiger partial charge in [-0.3, -0.25) is 14.8 Å². The van der Waals surface area contributed by atoms with Crippen molar-refractivity contribution >= 4 is 16.8 Å². The van der Waals surface area contributed by atoms with Crippen molar-refractivity contribution in [3.8, 4) is 22.9 Å². The zero-order valence-electron chi connectivity index (χ0n) is 13.4. The third-order valence-electron chi connectivity index (χ3n) is 3.72. The van der Waals surface area contributed by atoms with Crippen molar-refractivity contribution in [3.05, 3.63) is 66.6 Å². The van der Waals surface area contributed by atoms with Gasteiger partial charge in [0.05, 0.1) is 5.69 Å². The molecule has 0 fully saturated rings. The van der Waals surface area contributed by atoms with Crippen LogP contribution in [0.1, 0.15) is 17.4 Å². The van der Waals surface area contributed by atoms with Crippen molar-refractivity contribution in [3.63, 3.8) is 0 Å². The lowest BCUT2D eigenvalue weighted by atomic mass is 10.1. The van der Waals surface area contributed by atoms with Gasteiger partial charge in [0.15, 0.2) is 17.3 Å². The summed E-state index contributed by atoms with van der Waals surface area (Å²) in [5.74, 6) is 0.334. The van der Waals surface area contributed by atoms with E-state index in [4.69, 9.17) is 0 Å². The highest BCUT2D eigenvalue weighted by Gasteiger charge is 2.15. The lowest BCUT2D eigenvalue weighted by Gasteiger charge is -2.08. The minimum atomic E-state index is -0.112. The molecule has 0 N–H and O–H groups in total. The van der Waals surface area contributed by atoms with E-state index in [1.165, 1.54) is 6.92 Å². The Morgan fingerprint density at radius 2 is 1.52 bits per heavy atom. The van der Waals surface area contributed by atoms with Gasteiger partial charge in [0, 0.05) is 24.7 Å². The van der Waals surface area contributed by atoms with Gasteiger partial charge in [0.2, 0.25) is 0 Å². The molecule has 0 spiro atoms. The van der Waals surface area contributed by atoms with Gasteiger partial charge in [-0.25, -0.2) is 15.0 Å². The molecule has 4 aromatic heterocycles. The molecule has 4 rings (SSSR count). The molecule has 0 aliphatic carbocycles. The molecule has 0 unspecified atom stereocenters. The lowest BCUT2D eigenvalue weighted by molar-refractivity contribution is 0.101. The van der Waals surface area contributed by atoms with Crippen molar-refractivity contribution < 1.29 is 4.79 Å². The van der Waals surface area contributed by atoms with Gasteiger partial charge in [0.1, 0.15) is 17.1 Å². The van der Waals surface area contributed by atoms with E-state index in [0.29, 0.717) is 34.2 Å². The number of nitrogens with zero attached hydrogens (tertiary/aromatic N) is 5. The summed E-state index contributed by atoms with van der Waals surface area (Å²) < 4.78 is 0. The molecule has 6 nitrogen and oxygen atoms in total. The Morgan fingerprint density at radius 1 is 0.800 bits per heavy atom. The highest BCUT2D eigenvalue weighted by atomic mass is 16.1. The summed E-state index contributed by atoms with van der Waals surface area (Å²) in [6.07, 6.45) is 3.39. The number of carbonyl (C=O) groups is 1. The third-order valence-corrected chi connectivity index (χ3v) is 3.72. The van der Waals surface area contributed by atoms with Crippen LogP contribution in [0.15, 0.2) is 60.9 Å². The van der Waals surface area contributed by atoms with Crippen LogP contribution in [0.2, 0.25) is 0 Å². The Balaban J connectivity index is 2.03. The summed E-state index contributed by atoms with van der Waals surface area (Å²) in [7, 11) is 0. The predicted molar refractivity (Wildman–Crippen MR) is 93.8 cm³/mol. The Labute approximate surface area is 143 Å². The topological polar surface area (TPSA) is 81.5 Å². The minimum absolute atomic E-state index is 0.112. The van der Waals surface area contributed by atoms with Gasteiger partial charge < -0.3 is 0 Å². The molecule has 6 heteroatoms. The van der Waals surface area contributed by atoms with Gasteiger partial charge in [-0.2, -0.15) is 0 Å². The van der Waals surface area contributed by atoms with E-state index < -0.39 is 0 Å². The lowest BCUT2D eigenvalue weighted by Crippen LogP contribution is -2.02. The molecule has 4 heterocycles. The molecule has 0 amide bonds. The molecule has 120 valence electrons. The first kappa shape index (κ1) is 15.0. The van der Waals surface area contributed by atoms with E-state index in [9.17, 15) is 4.79 Å². The fourth-order valence-corrected chi connectivity index (χ4v) is 2.51. The van der Waals surface area contributed by atoms with Gasteiger partial charge in [-0.05, 0) is 36.4 Å². The van der Waals surface area contributed by atoms with Crippen LogP contribution in [-0.4, -0.2) is 30.7 Å². The number of hydrogen-bond donors (Lipinski definition) is 0. The summed E-state index contributed by atoms with van der Waals surface area (Å²) in [5.41, 5.74) is 2.82. The third kappa shape index (κ3) is 2.85. The second kappa shape index (κ2) is 6.16. The summed E-state index contributed by atoms with van der Waals surface area (Å²) in [5, 5.41) is 0.739. The number of ketones is 1. The van der Waals surface area contributed by atoms with Crippen LogP contribution >= 0.6 is 0 Å². The predicted octanol–water partition coefficient (Wildman–Crippen LogP) is 3.35. The van der Waals surface area contributed by atoms with Gasteiger partial charge >= 0.3 is 0 Å². The maximum atomic E-state index is 11.7. The number of Topliss-reactive ketones (excluding diaryl/α,β-unsaturated/α-hetero) is 1. The number of pyridine rings is 3. The first-order chi connectivity index (χ1) is 12.2. The molecule has 0 saturated heterocycles. The van der Waals surface area contributed by atoms with E-state index in [0.717, 1.165) is 5.39 Å². The van der Waals surface area contributed by atoms with Crippen LogP contribution in [0, 0.1) is 0 Å². The maximum absolute atomic E-state index is 11.7. The molecular weight excluding hydrogens is 314 g/mol. The van der Waals surface area contributed by atoms with Crippen LogP contribution in [-0.2, 0) is 0 Å². The largest absolute Gasteiger partial charge is 0.293 e. The Hall–Kier alpha value is -3.54. The van der Waals surface area contributed by atoms with E-state index in [2.05, 4.69) is 24.9 Å². The fourth-order valence-electron chi connectivity index (χ4n) is 2.51. The molecule has 0 radical (unpaired) electrons. The molecule has 0 aromatic carbocycles. The molecule has 0 aliphatic rings. The van der Waals surface area contributed by atoms with Gasteiger partial charge in [0.25, 0.3) is 0 Å². The monoisotopic (exact) mass is 327 g/mol. The van der Waals surface area contributed by atoms with Crippen molar-refractivity contribution in [1.29, 1.82) is 0 Å². The number of carbonyl (C=O) groups excluding carboxylic acids is 1. The van der Waals surface area contributed by atoms with E-state index in [1.54, 1.807) is 18.5 Å². The van der Waals surface area contributed by atoms with E-state index in [1.807, 2.05) is 42.5 Å². The van der Waals surface area contributed by atoms with E-state index in [-0.39, 0.29) is 5.78 Å². The second-order valence-electron chi connectivity index (χ2n) is 5.45. The average molecular weight is 327 g/mol. The Bertz CT molecular complexity index is 1070. The molecule has 0 bridgehead atoms. The van der Waals surface area contributed by atoms with Crippen LogP contribution < -0.4 is 0 Å². The van der Waals surface area contributed by atoms with Crippen LogP contribution in [0.4, 0.5) is 0 Å². The van der Waals surface area contributed by atoms with E-state index >= 15 is 0 Å². The van der Waals surface area contributed by atoms with Crippen molar-refractivity contribution in [2.45, 2.75) is 6.92 Å². The van der Waals surface area contributed by atoms with Crippen LogP contribution in [0.25, 0.3) is 33.9 Å². The van der Waals surface area contributed by atoms with Gasteiger partial charge in [-0.1, -0.05) is 12.1 Å². The Kier molecular flexibility index (Phi) is 3.70. The number of aromatic nitrogens is 5. The molecule has 0 aliphatic heterocycles. The standard InChI is InChI=1S/C19H13N5O/c1-12(25)14-9-8-13-17(15-6-2-4-10-20-15)23-19(24-18(13)22-14)16-7-3-5-11-21-16/h2-11H,1H3. The zero-order valence-corrected chi connectivity index (χ0v) is 13.4. The highest BCUT2D eigenvalue weighted by Crippen LogP contribution is 2.26.